The number of rotatable bonds is 3. The Morgan fingerprint density at radius 2 is 2.27 bits per heavy atom. The van der Waals surface area contributed by atoms with Gasteiger partial charge in [0.15, 0.2) is 0 Å². The van der Waals surface area contributed by atoms with Crippen LogP contribution in [0, 0.1) is 0 Å². The summed E-state index contributed by atoms with van der Waals surface area (Å²) in [6.07, 6.45) is 3.52. The molecule has 0 saturated heterocycles. The summed E-state index contributed by atoms with van der Waals surface area (Å²) in [6.45, 7) is 0.172. The van der Waals surface area contributed by atoms with Crippen molar-refractivity contribution in [1.82, 2.24) is 9.97 Å². The standard InChI is InChI=1S/C10H9BrN2OS/c11-7-5-8-10(13-6-7)9(1-2-12-8)15-4-3-14/h1-2,5-6,14H,3-4H2. The molecule has 0 amide bonds. The topological polar surface area (TPSA) is 46.0 Å². The molecular formula is C10H9BrN2OS. The number of halogens is 1. The van der Waals surface area contributed by atoms with Crippen LogP contribution in [-0.4, -0.2) is 27.4 Å². The summed E-state index contributed by atoms with van der Waals surface area (Å²) in [5.41, 5.74) is 1.76. The summed E-state index contributed by atoms with van der Waals surface area (Å²) >= 11 is 4.95. The molecule has 0 unspecified atom stereocenters. The Morgan fingerprint density at radius 1 is 1.40 bits per heavy atom. The van der Waals surface area contributed by atoms with Gasteiger partial charge in [-0.25, -0.2) is 0 Å². The van der Waals surface area contributed by atoms with Gasteiger partial charge in [-0.1, -0.05) is 0 Å². The molecule has 2 rings (SSSR count). The minimum Gasteiger partial charge on any atom is -0.396 e. The average Bonchev–Trinajstić information content (AvgIpc) is 2.25. The van der Waals surface area contributed by atoms with Gasteiger partial charge in [0.1, 0.15) is 5.52 Å². The molecule has 3 nitrogen and oxygen atoms in total. The minimum absolute atomic E-state index is 0.172. The first kappa shape index (κ1) is 10.9. The Labute approximate surface area is 100 Å². The number of thioether (sulfide) groups is 1. The number of aliphatic hydroxyl groups is 1. The van der Waals surface area contributed by atoms with Crippen molar-refractivity contribution >= 4 is 38.7 Å². The Kier molecular flexibility index (Phi) is 3.56. The van der Waals surface area contributed by atoms with Crippen LogP contribution in [0.2, 0.25) is 0 Å². The molecule has 0 aliphatic heterocycles. The normalized spacial score (nSPS) is 10.8. The van der Waals surface area contributed by atoms with E-state index in [1.54, 1.807) is 24.2 Å². The molecule has 2 heterocycles. The second-order valence-electron chi connectivity index (χ2n) is 2.90. The summed E-state index contributed by atoms with van der Waals surface area (Å²) in [4.78, 5) is 9.62. The molecule has 0 radical (unpaired) electrons. The van der Waals surface area contributed by atoms with Crippen LogP contribution in [0.15, 0.2) is 33.9 Å². The molecule has 0 saturated carbocycles. The van der Waals surface area contributed by atoms with E-state index in [2.05, 4.69) is 25.9 Å². The van der Waals surface area contributed by atoms with Crippen LogP contribution in [-0.2, 0) is 0 Å². The highest BCUT2D eigenvalue weighted by atomic mass is 79.9. The maximum atomic E-state index is 8.78. The van der Waals surface area contributed by atoms with Crippen LogP contribution < -0.4 is 0 Å². The Hall–Kier alpha value is -0.650. The molecule has 15 heavy (non-hydrogen) atoms. The first-order valence-electron chi connectivity index (χ1n) is 4.45. The Morgan fingerprint density at radius 3 is 3.07 bits per heavy atom. The second-order valence-corrected chi connectivity index (χ2v) is 4.95. The van der Waals surface area contributed by atoms with Gasteiger partial charge < -0.3 is 5.11 Å². The highest BCUT2D eigenvalue weighted by Crippen LogP contribution is 2.25. The smallest absolute Gasteiger partial charge is 0.102 e. The average molecular weight is 285 g/mol. The monoisotopic (exact) mass is 284 g/mol. The van der Waals surface area contributed by atoms with E-state index in [9.17, 15) is 0 Å². The van der Waals surface area contributed by atoms with Crippen molar-refractivity contribution in [2.45, 2.75) is 4.90 Å². The quantitative estimate of drug-likeness (QED) is 0.880. The molecule has 0 aromatic carbocycles. The highest BCUT2D eigenvalue weighted by molar-refractivity contribution is 9.10. The summed E-state index contributed by atoms with van der Waals surface area (Å²) < 4.78 is 0.923. The molecule has 2 aromatic heterocycles. The first-order chi connectivity index (χ1) is 7.31. The van der Waals surface area contributed by atoms with Gasteiger partial charge in [0.25, 0.3) is 0 Å². The number of hydrogen-bond acceptors (Lipinski definition) is 4. The summed E-state index contributed by atoms with van der Waals surface area (Å²) in [5, 5.41) is 8.78. The third-order valence-electron chi connectivity index (χ3n) is 1.86. The SMILES string of the molecule is OCCSc1ccnc2cc(Br)cnc12. The van der Waals surface area contributed by atoms with E-state index in [1.807, 2.05) is 12.1 Å². The van der Waals surface area contributed by atoms with Gasteiger partial charge in [-0.2, -0.15) is 0 Å². The molecule has 0 aliphatic carbocycles. The predicted octanol–water partition coefficient (Wildman–Crippen LogP) is 2.48. The number of nitrogens with zero attached hydrogens (tertiary/aromatic N) is 2. The van der Waals surface area contributed by atoms with E-state index in [-0.39, 0.29) is 6.61 Å². The van der Waals surface area contributed by atoms with Crippen LogP contribution in [0.25, 0.3) is 11.0 Å². The molecule has 0 bridgehead atoms. The van der Waals surface area contributed by atoms with Gasteiger partial charge in [0.05, 0.1) is 12.1 Å². The predicted molar refractivity (Wildman–Crippen MR) is 65.0 cm³/mol. The fourth-order valence-corrected chi connectivity index (χ4v) is 2.33. The van der Waals surface area contributed by atoms with E-state index in [1.165, 1.54) is 0 Å². The lowest BCUT2D eigenvalue weighted by Gasteiger charge is -2.03. The molecule has 78 valence electrons. The van der Waals surface area contributed by atoms with Crippen LogP contribution >= 0.6 is 27.7 Å². The van der Waals surface area contributed by atoms with Gasteiger partial charge in [-0.15, -0.1) is 11.8 Å². The third-order valence-corrected chi connectivity index (χ3v) is 3.32. The van der Waals surface area contributed by atoms with Crippen LogP contribution in [0.4, 0.5) is 0 Å². The van der Waals surface area contributed by atoms with Gasteiger partial charge in [0.2, 0.25) is 0 Å². The van der Waals surface area contributed by atoms with Crippen LogP contribution in [0.3, 0.4) is 0 Å². The van der Waals surface area contributed by atoms with Gasteiger partial charge >= 0.3 is 0 Å². The van der Waals surface area contributed by atoms with Crippen molar-refractivity contribution in [3.63, 3.8) is 0 Å². The summed E-state index contributed by atoms with van der Waals surface area (Å²) in [7, 11) is 0. The lowest BCUT2D eigenvalue weighted by atomic mass is 10.3. The first-order valence-corrected chi connectivity index (χ1v) is 6.23. The van der Waals surface area contributed by atoms with E-state index < -0.39 is 0 Å². The fraction of sp³-hybridized carbons (Fsp3) is 0.200. The maximum Gasteiger partial charge on any atom is 0.102 e. The number of aliphatic hydroxyl groups excluding tert-OH is 1. The molecular weight excluding hydrogens is 276 g/mol. The summed E-state index contributed by atoms with van der Waals surface area (Å²) in [5.74, 6) is 0.677. The number of pyridine rings is 2. The van der Waals surface area contributed by atoms with Crippen molar-refractivity contribution in [1.29, 1.82) is 0 Å². The number of hydrogen-bond donors (Lipinski definition) is 1. The van der Waals surface area contributed by atoms with Gasteiger partial charge in [-0.3, -0.25) is 9.97 Å². The van der Waals surface area contributed by atoms with Crippen molar-refractivity contribution in [2.24, 2.45) is 0 Å². The fourth-order valence-electron chi connectivity index (χ4n) is 1.25. The number of aromatic nitrogens is 2. The van der Waals surface area contributed by atoms with Gasteiger partial charge in [-0.05, 0) is 28.1 Å². The molecule has 5 heteroatoms. The second kappa shape index (κ2) is 4.92. The van der Waals surface area contributed by atoms with Crippen LogP contribution in [0.5, 0.6) is 0 Å². The molecule has 2 aromatic rings. The zero-order chi connectivity index (χ0) is 10.7. The van der Waals surface area contributed by atoms with Gasteiger partial charge in [0, 0.05) is 27.5 Å². The van der Waals surface area contributed by atoms with Crippen LogP contribution in [0.1, 0.15) is 0 Å². The zero-order valence-electron chi connectivity index (χ0n) is 7.85. The van der Waals surface area contributed by atoms with E-state index in [0.717, 1.165) is 20.4 Å². The molecule has 1 N–H and O–H groups in total. The van der Waals surface area contributed by atoms with Crippen molar-refractivity contribution in [3.05, 3.63) is 29.0 Å². The maximum absolute atomic E-state index is 8.78. The highest BCUT2D eigenvalue weighted by Gasteiger charge is 2.03. The van der Waals surface area contributed by atoms with Crippen molar-refractivity contribution < 1.29 is 5.11 Å². The molecule has 0 atom stereocenters. The minimum atomic E-state index is 0.172. The zero-order valence-corrected chi connectivity index (χ0v) is 10.3. The molecule has 0 spiro atoms. The third kappa shape index (κ3) is 2.48. The van der Waals surface area contributed by atoms with E-state index in [4.69, 9.17) is 5.11 Å². The Bertz CT molecular complexity index is 478. The van der Waals surface area contributed by atoms with E-state index >= 15 is 0 Å². The molecule has 0 aliphatic rings. The van der Waals surface area contributed by atoms with Crippen molar-refractivity contribution in [2.75, 3.05) is 12.4 Å². The van der Waals surface area contributed by atoms with Crippen molar-refractivity contribution in [3.8, 4) is 0 Å². The molecule has 0 fully saturated rings. The van der Waals surface area contributed by atoms with E-state index in [0.29, 0.717) is 5.75 Å². The largest absolute Gasteiger partial charge is 0.396 e. The summed E-state index contributed by atoms with van der Waals surface area (Å²) in [6, 6.07) is 3.86. The Balaban J connectivity index is 2.46. The lowest BCUT2D eigenvalue weighted by molar-refractivity contribution is 0.322. The number of fused-ring (bicyclic) bond motifs is 1. The lowest BCUT2D eigenvalue weighted by Crippen LogP contribution is -1.89.